The van der Waals surface area contributed by atoms with E-state index in [9.17, 15) is 19.8 Å². The zero-order valence-corrected chi connectivity index (χ0v) is 14.5. The lowest BCUT2D eigenvalue weighted by molar-refractivity contribution is -0.166. The van der Waals surface area contributed by atoms with E-state index in [1.165, 1.54) is 0 Å². The fraction of sp³-hybridized carbons (Fsp3) is 0.875. The van der Waals surface area contributed by atoms with Crippen LogP contribution < -0.4 is 0 Å². The number of carbonyl (C=O) groups is 2. The second-order valence-corrected chi connectivity index (χ2v) is 7.07. The van der Waals surface area contributed by atoms with Crippen LogP contribution in [0.4, 0.5) is 0 Å². The van der Waals surface area contributed by atoms with Crippen LogP contribution in [0.5, 0.6) is 0 Å². The quantitative estimate of drug-likeness (QED) is 0.631. The van der Waals surface area contributed by atoms with Gasteiger partial charge >= 0.3 is 11.9 Å². The Hall–Kier alpha value is -1.14. The molecule has 0 fully saturated rings. The minimum absolute atomic E-state index is 0.0766. The number of rotatable bonds is 9. The first-order valence-corrected chi connectivity index (χ1v) is 7.63. The summed E-state index contributed by atoms with van der Waals surface area (Å²) in [6, 6.07) is 0. The molecule has 0 rings (SSSR count). The molecule has 2 unspecified atom stereocenters. The summed E-state index contributed by atoms with van der Waals surface area (Å²) in [5, 5.41) is 18.7. The van der Waals surface area contributed by atoms with Crippen molar-refractivity contribution in [2.75, 3.05) is 0 Å². The van der Waals surface area contributed by atoms with Gasteiger partial charge in [-0.1, -0.05) is 0 Å². The molecule has 0 heterocycles. The Morgan fingerprint density at radius 1 is 0.818 bits per heavy atom. The summed E-state index contributed by atoms with van der Waals surface area (Å²) in [5.74, 6) is -1.01. The lowest BCUT2D eigenvalue weighted by atomic mass is 10.0. The highest BCUT2D eigenvalue weighted by molar-refractivity contribution is 5.78. The third kappa shape index (κ3) is 10.6. The highest BCUT2D eigenvalue weighted by Crippen LogP contribution is 2.20. The van der Waals surface area contributed by atoms with Crippen LogP contribution >= 0.6 is 0 Å². The summed E-state index contributed by atoms with van der Waals surface area (Å²) >= 11 is 0. The molecule has 0 saturated carbocycles. The van der Waals surface area contributed by atoms with E-state index in [1.807, 2.05) is 0 Å². The second kappa shape index (κ2) is 8.48. The van der Waals surface area contributed by atoms with Crippen LogP contribution in [0.1, 0.15) is 67.2 Å². The van der Waals surface area contributed by atoms with E-state index in [0.717, 1.165) is 0 Å². The molecule has 22 heavy (non-hydrogen) atoms. The van der Waals surface area contributed by atoms with Crippen LogP contribution in [0.25, 0.3) is 0 Å². The van der Waals surface area contributed by atoms with Crippen molar-refractivity contribution in [3.05, 3.63) is 0 Å². The van der Waals surface area contributed by atoms with Crippen LogP contribution in [-0.2, 0) is 19.1 Å². The van der Waals surface area contributed by atoms with Crippen molar-refractivity contribution >= 4 is 11.9 Å². The molecule has 0 aromatic rings. The van der Waals surface area contributed by atoms with E-state index in [-0.39, 0.29) is 12.8 Å². The maximum atomic E-state index is 11.7. The monoisotopic (exact) mass is 318 g/mol. The molecule has 6 heteroatoms. The summed E-state index contributed by atoms with van der Waals surface area (Å²) in [7, 11) is 0. The van der Waals surface area contributed by atoms with Crippen molar-refractivity contribution in [1.82, 2.24) is 0 Å². The molecule has 0 amide bonds. The zero-order valence-electron chi connectivity index (χ0n) is 14.5. The molecule has 0 aromatic heterocycles. The molecular weight excluding hydrogens is 288 g/mol. The maximum absolute atomic E-state index is 11.7. The first-order chi connectivity index (χ1) is 9.83. The van der Waals surface area contributed by atoms with Crippen LogP contribution in [0, 0.1) is 0 Å². The largest absolute Gasteiger partial charge is 0.460 e. The first-order valence-electron chi connectivity index (χ1n) is 7.63. The summed E-state index contributed by atoms with van der Waals surface area (Å²) in [6.45, 7) is 10.1. The number of aliphatic hydroxyl groups is 2. The van der Waals surface area contributed by atoms with Gasteiger partial charge in [0.15, 0.2) is 0 Å². The minimum atomic E-state index is -0.777. The van der Waals surface area contributed by atoms with Crippen molar-refractivity contribution < 1.29 is 29.3 Å². The lowest BCUT2D eigenvalue weighted by Crippen LogP contribution is -2.33. The fourth-order valence-electron chi connectivity index (χ4n) is 2.43. The maximum Gasteiger partial charge on any atom is 0.306 e. The Balaban J connectivity index is 4.22. The number of carbonyl (C=O) groups excluding carboxylic acids is 2. The highest BCUT2D eigenvalue weighted by Gasteiger charge is 2.27. The third-order valence-corrected chi connectivity index (χ3v) is 2.89. The number of hydrogen-bond acceptors (Lipinski definition) is 6. The third-order valence-electron chi connectivity index (χ3n) is 2.89. The Morgan fingerprint density at radius 2 is 1.09 bits per heavy atom. The van der Waals surface area contributed by atoms with E-state index in [1.54, 1.807) is 41.5 Å². The highest BCUT2D eigenvalue weighted by atomic mass is 16.6. The molecule has 2 atom stereocenters. The zero-order chi connectivity index (χ0) is 17.6. The number of aliphatic hydroxyl groups excluding tert-OH is 2. The van der Waals surface area contributed by atoms with Crippen molar-refractivity contribution in [2.45, 2.75) is 90.6 Å². The average molecular weight is 318 g/mol. The van der Waals surface area contributed by atoms with Crippen LogP contribution in [0.3, 0.4) is 0 Å². The Bertz CT molecular complexity index is 335. The van der Waals surface area contributed by atoms with Crippen LogP contribution in [0.2, 0.25) is 0 Å². The summed E-state index contributed by atoms with van der Waals surface area (Å²) in [5.41, 5.74) is -1.55. The Labute approximate surface area is 132 Å². The molecule has 6 nitrogen and oxygen atoms in total. The minimum Gasteiger partial charge on any atom is -0.460 e. The average Bonchev–Trinajstić information content (AvgIpc) is 2.20. The molecule has 0 aliphatic heterocycles. The van der Waals surface area contributed by atoms with Gasteiger partial charge in [0.1, 0.15) is 11.2 Å². The molecule has 130 valence electrons. The molecule has 0 aliphatic carbocycles. The van der Waals surface area contributed by atoms with Crippen molar-refractivity contribution in [3.63, 3.8) is 0 Å². The second-order valence-electron chi connectivity index (χ2n) is 7.07. The standard InChI is InChI=1S/C16H30O6/c1-11(17)9-15(3,4)21-13(19)7-8-14(20)22-16(5,6)10-12(2)18/h11-12,17-18H,7-10H2,1-6H3. The van der Waals surface area contributed by atoms with E-state index < -0.39 is 35.3 Å². The Morgan fingerprint density at radius 3 is 1.32 bits per heavy atom. The molecular formula is C16H30O6. The predicted molar refractivity (Wildman–Crippen MR) is 82.2 cm³/mol. The molecule has 0 saturated heterocycles. The van der Waals surface area contributed by atoms with E-state index in [0.29, 0.717) is 12.8 Å². The van der Waals surface area contributed by atoms with Gasteiger partial charge in [-0.25, -0.2) is 0 Å². The van der Waals surface area contributed by atoms with Gasteiger partial charge in [-0.15, -0.1) is 0 Å². The predicted octanol–water partition coefficient (Wildman–Crippen LogP) is 1.95. The van der Waals surface area contributed by atoms with Crippen molar-refractivity contribution in [2.24, 2.45) is 0 Å². The smallest absolute Gasteiger partial charge is 0.306 e. The van der Waals surface area contributed by atoms with Crippen molar-refractivity contribution in [1.29, 1.82) is 0 Å². The first kappa shape index (κ1) is 20.9. The number of esters is 2. The molecule has 0 radical (unpaired) electrons. The van der Waals surface area contributed by atoms with Gasteiger partial charge in [0.25, 0.3) is 0 Å². The lowest BCUT2D eigenvalue weighted by Gasteiger charge is -2.27. The van der Waals surface area contributed by atoms with Gasteiger partial charge in [-0.3, -0.25) is 9.59 Å². The summed E-state index contributed by atoms with van der Waals surface area (Å²) in [6.07, 6.45) is -0.655. The number of hydrogen-bond donors (Lipinski definition) is 2. The van der Waals surface area contributed by atoms with E-state index in [2.05, 4.69) is 0 Å². The summed E-state index contributed by atoms with van der Waals surface area (Å²) < 4.78 is 10.5. The Kier molecular flexibility index (Phi) is 8.04. The van der Waals surface area contributed by atoms with Gasteiger partial charge < -0.3 is 19.7 Å². The fourth-order valence-corrected chi connectivity index (χ4v) is 2.43. The molecule has 0 aromatic carbocycles. The molecule has 0 bridgehead atoms. The van der Waals surface area contributed by atoms with Crippen LogP contribution in [0.15, 0.2) is 0 Å². The van der Waals surface area contributed by atoms with E-state index in [4.69, 9.17) is 9.47 Å². The van der Waals surface area contributed by atoms with Crippen molar-refractivity contribution in [3.8, 4) is 0 Å². The van der Waals surface area contributed by atoms with E-state index >= 15 is 0 Å². The number of ether oxygens (including phenoxy) is 2. The van der Waals surface area contributed by atoms with Gasteiger partial charge in [-0.05, 0) is 41.5 Å². The van der Waals surface area contributed by atoms with Gasteiger partial charge in [0, 0.05) is 12.8 Å². The summed E-state index contributed by atoms with van der Waals surface area (Å²) in [4.78, 5) is 23.5. The van der Waals surface area contributed by atoms with Crippen LogP contribution in [-0.4, -0.2) is 45.6 Å². The molecule has 0 aliphatic rings. The SMILES string of the molecule is CC(O)CC(C)(C)OC(=O)CCC(=O)OC(C)(C)CC(C)O. The van der Waals surface area contributed by atoms with Gasteiger partial charge in [0.2, 0.25) is 0 Å². The van der Waals surface area contributed by atoms with Gasteiger partial charge in [0.05, 0.1) is 25.0 Å². The normalized spacial score (nSPS) is 15.1. The molecule has 2 N–H and O–H groups in total. The topological polar surface area (TPSA) is 93.1 Å². The molecule has 0 spiro atoms. The van der Waals surface area contributed by atoms with Gasteiger partial charge in [-0.2, -0.15) is 0 Å².